The highest BCUT2D eigenvalue weighted by Crippen LogP contribution is 2.47. The summed E-state index contributed by atoms with van der Waals surface area (Å²) in [5.41, 5.74) is 3.66. The molecular formula is C27H21Cl2FN4O3. The van der Waals surface area contributed by atoms with Crippen molar-refractivity contribution in [2.45, 2.75) is 24.4 Å². The van der Waals surface area contributed by atoms with E-state index in [0.717, 1.165) is 17.5 Å². The van der Waals surface area contributed by atoms with Gasteiger partial charge in [-0.15, -0.1) is 0 Å². The van der Waals surface area contributed by atoms with Gasteiger partial charge in [-0.25, -0.2) is 9.18 Å². The first-order valence-electron chi connectivity index (χ1n) is 11.4. The highest BCUT2D eigenvalue weighted by molar-refractivity contribution is 6.40. The third-order valence-corrected chi connectivity index (χ3v) is 6.91. The molecule has 1 aliphatic carbocycles. The van der Waals surface area contributed by atoms with Gasteiger partial charge in [0.2, 0.25) is 5.67 Å². The number of aromatic nitrogens is 2. The highest BCUT2D eigenvalue weighted by Gasteiger charge is 2.43. The Morgan fingerprint density at radius 3 is 2.32 bits per heavy atom. The number of nitrogens with one attached hydrogen (secondary N) is 1. The number of rotatable bonds is 6. The van der Waals surface area contributed by atoms with Crippen LogP contribution in [-0.2, 0) is 5.67 Å². The molecule has 3 aromatic carbocycles. The molecule has 1 fully saturated rings. The first-order valence-corrected chi connectivity index (χ1v) is 12.2. The van der Waals surface area contributed by atoms with Gasteiger partial charge in [-0.1, -0.05) is 59.6 Å². The number of carbonyl (C=O) groups excluding carboxylic acids is 2. The Balaban J connectivity index is 1.63. The number of benzene rings is 3. The standard InChI is InChI=1S/C27H21Cl2FN4O3/c28-19-7-4-8-20(29)24(19)25(36)32-17-11-12-22(35)18(13-17)27(30,16-5-2-1-3-6-16)23-14-21(15-9-10-15)34(33-23)26(31)37/h1-8,11-15,35H,9-10H2,(H2,31,37)(H,32,36). The van der Waals surface area contributed by atoms with Gasteiger partial charge in [0, 0.05) is 17.2 Å². The highest BCUT2D eigenvalue weighted by atomic mass is 35.5. The quantitative estimate of drug-likeness (QED) is 0.253. The Labute approximate surface area is 221 Å². The maximum atomic E-state index is 17.4. The number of halogens is 3. The molecule has 4 aromatic rings. The third kappa shape index (κ3) is 4.54. The number of phenols is 1. The van der Waals surface area contributed by atoms with E-state index in [0.29, 0.717) is 5.69 Å². The number of hydrogen-bond acceptors (Lipinski definition) is 4. The molecule has 5 rings (SSSR count). The summed E-state index contributed by atoms with van der Waals surface area (Å²) >= 11 is 12.3. The lowest BCUT2D eigenvalue weighted by molar-refractivity contribution is 0.102. The second kappa shape index (κ2) is 9.53. The Hall–Kier alpha value is -3.88. The van der Waals surface area contributed by atoms with Crippen LogP contribution in [0.4, 0.5) is 14.9 Å². The van der Waals surface area contributed by atoms with Gasteiger partial charge in [0.1, 0.15) is 11.4 Å². The molecule has 37 heavy (non-hydrogen) atoms. The van der Waals surface area contributed by atoms with E-state index >= 15 is 4.39 Å². The Bertz CT molecular complexity index is 1500. The number of alkyl halides is 1. The zero-order valence-corrected chi connectivity index (χ0v) is 20.8. The molecule has 0 aliphatic heterocycles. The minimum absolute atomic E-state index is 0.0494. The zero-order chi connectivity index (χ0) is 26.3. The fraction of sp³-hybridized carbons (Fsp3) is 0.148. The van der Waals surface area contributed by atoms with Crippen LogP contribution in [0.15, 0.2) is 72.8 Å². The molecule has 4 N–H and O–H groups in total. The Kier molecular flexibility index (Phi) is 6.39. The van der Waals surface area contributed by atoms with E-state index in [1.165, 1.54) is 36.4 Å². The predicted molar refractivity (Wildman–Crippen MR) is 139 cm³/mol. The lowest BCUT2D eigenvalue weighted by Crippen LogP contribution is -2.27. The van der Waals surface area contributed by atoms with Crippen molar-refractivity contribution in [2.24, 2.45) is 5.73 Å². The van der Waals surface area contributed by atoms with Crippen LogP contribution < -0.4 is 11.1 Å². The van der Waals surface area contributed by atoms with Gasteiger partial charge in [0.25, 0.3) is 5.91 Å². The molecular weight excluding hydrogens is 518 g/mol. The first-order chi connectivity index (χ1) is 17.7. The number of nitrogens with zero attached hydrogens (tertiary/aromatic N) is 2. The van der Waals surface area contributed by atoms with Crippen LogP contribution in [0.1, 0.15) is 51.6 Å². The normalized spacial score (nSPS) is 14.7. The van der Waals surface area contributed by atoms with E-state index < -0.39 is 17.6 Å². The predicted octanol–water partition coefficient (Wildman–Crippen LogP) is 6.21. The van der Waals surface area contributed by atoms with Crippen molar-refractivity contribution in [1.82, 2.24) is 9.78 Å². The second-order valence-electron chi connectivity index (χ2n) is 8.79. The van der Waals surface area contributed by atoms with Gasteiger partial charge in [-0.2, -0.15) is 9.78 Å². The van der Waals surface area contributed by atoms with Crippen LogP contribution in [0.5, 0.6) is 5.75 Å². The van der Waals surface area contributed by atoms with Crippen LogP contribution in [0, 0.1) is 0 Å². The molecule has 7 nitrogen and oxygen atoms in total. The van der Waals surface area contributed by atoms with Crippen molar-refractivity contribution in [1.29, 1.82) is 0 Å². The second-order valence-corrected chi connectivity index (χ2v) is 9.60. The van der Waals surface area contributed by atoms with Gasteiger partial charge < -0.3 is 16.2 Å². The fourth-order valence-corrected chi connectivity index (χ4v) is 4.89. The SMILES string of the molecule is NC(=O)n1nc(C(F)(c2ccccc2)c2cc(NC(=O)c3c(Cl)cccc3Cl)ccc2O)cc1C1CC1. The van der Waals surface area contributed by atoms with Crippen molar-refractivity contribution in [3.63, 3.8) is 0 Å². The number of aromatic hydroxyl groups is 1. The minimum Gasteiger partial charge on any atom is -0.508 e. The summed E-state index contributed by atoms with van der Waals surface area (Å²) in [4.78, 5) is 25.0. The molecule has 1 saturated carbocycles. The van der Waals surface area contributed by atoms with E-state index in [2.05, 4.69) is 10.4 Å². The summed E-state index contributed by atoms with van der Waals surface area (Å²) in [5.74, 6) is -0.930. The molecule has 1 atom stereocenters. The molecule has 188 valence electrons. The Morgan fingerprint density at radius 2 is 1.70 bits per heavy atom. The van der Waals surface area contributed by atoms with Crippen molar-refractivity contribution in [3.05, 3.63) is 111 Å². The van der Waals surface area contributed by atoms with Crippen molar-refractivity contribution < 1.29 is 19.1 Å². The maximum Gasteiger partial charge on any atom is 0.339 e. The molecule has 0 radical (unpaired) electrons. The van der Waals surface area contributed by atoms with Crippen LogP contribution in [0.3, 0.4) is 0 Å². The van der Waals surface area contributed by atoms with E-state index in [1.54, 1.807) is 36.4 Å². The number of amides is 2. The summed E-state index contributed by atoms with van der Waals surface area (Å²) < 4.78 is 18.4. The molecule has 0 spiro atoms. The van der Waals surface area contributed by atoms with E-state index in [9.17, 15) is 14.7 Å². The molecule has 0 bridgehead atoms. The van der Waals surface area contributed by atoms with Crippen molar-refractivity contribution >= 4 is 40.8 Å². The number of anilines is 1. The lowest BCUT2D eigenvalue weighted by Gasteiger charge is -2.26. The molecule has 10 heteroatoms. The summed E-state index contributed by atoms with van der Waals surface area (Å²) in [6, 6.07) is 17.5. The average Bonchev–Trinajstić information content (AvgIpc) is 3.62. The number of carbonyl (C=O) groups is 2. The zero-order valence-electron chi connectivity index (χ0n) is 19.3. The third-order valence-electron chi connectivity index (χ3n) is 6.28. The summed E-state index contributed by atoms with van der Waals surface area (Å²) in [5, 5.41) is 18.0. The van der Waals surface area contributed by atoms with E-state index in [1.807, 2.05) is 0 Å². The van der Waals surface area contributed by atoms with Crippen molar-refractivity contribution in [2.75, 3.05) is 5.32 Å². The van der Waals surface area contributed by atoms with Crippen LogP contribution in [-0.4, -0.2) is 26.8 Å². The largest absolute Gasteiger partial charge is 0.508 e. The summed E-state index contributed by atoms with van der Waals surface area (Å²) in [6.07, 6.45) is 1.67. The van der Waals surface area contributed by atoms with Gasteiger partial charge in [0.05, 0.1) is 21.3 Å². The summed E-state index contributed by atoms with van der Waals surface area (Å²) in [7, 11) is 0. The molecule has 1 aromatic heterocycles. The number of phenolic OH excluding ortho intramolecular Hbond substituents is 1. The van der Waals surface area contributed by atoms with Gasteiger partial charge in [-0.05, 0) is 54.8 Å². The number of nitrogens with two attached hydrogens (primary N) is 1. The van der Waals surface area contributed by atoms with Crippen LogP contribution >= 0.6 is 23.2 Å². The molecule has 1 heterocycles. The monoisotopic (exact) mass is 538 g/mol. The Morgan fingerprint density at radius 1 is 1.03 bits per heavy atom. The van der Waals surface area contributed by atoms with Crippen LogP contribution in [0.25, 0.3) is 0 Å². The average molecular weight is 539 g/mol. The van der Waals surface area contributed by atoms with E-state index in [4.69, 9.17) is 28.9 Å². The fourth-order valence-electron chi connectivity index (χ4n) is 4.32. The first kappa shape index (κ1) is 24.8. The number of hydrogen-bond donors (Lipinski definition) is 3. The van der Waals surface area contributed by atoms with Crippen molar-refractivity contribution in [3.8, 4) is 5.75 Å². The van der Waals surface area contributed by atoms with Gasteiger partial charge >= 0.3 is 6.03 Å². The van der Waals surface area contributed by atoms with E-state index in [-0.39, 0.29) is 49.8 Å². The number of primary amides is 1. The molecule has 2 amide bonds. The topological polar surface area (TPSA) is 110 Å². The minimum atomic E-state index is -2.49. The van der Waals surface area contributed by atoms with Gasteiger partial charge in [0.15, 0.2) is 0 Å². The molecule has 1 aliphatic rings. The molecule has 0 saturated heterocycles. The smallest absolute Gasteiger partial charge is 0.339 e. The maximum absolute atomic E-state index is 17.4. The molecule has 1 unspecified atom stereocenters. The summed E-state index contributed by atoms with van der Waals surface area (Å²) in [6.45, 7) is 0. The van der Waals surface area contributed by atoms with Gasteiger partial charge in [-0.3, -0.25) is 4.79 Å². The van der Waals surface area contributed by atoms with Crippen LogP contribution in [0.2, 0.25) is 10.0 Å². The lowest BCUT2D eigenvalue weighted by atomic mass is 9.84.